The van der Waals surface area contributed by atoms with Gasteiger partial charge in [-0.2, -0.15) is 0 Å². The van der Waals surface area contributed by atoms with Crippen molar-refractivity contribution in [2.24, 2.45) is 5.73 Å². The fourth-order valence-electron chi connectivity index (χ4n) is 3.23. The lowest BCUT2D eigenvalue weighted by Gasteiger charge is -2.42. The molecule has 1 fully saturated rings. The zero-order valence-corrected chi connectivity index (χ0v) is 13.0. The van der Waals surface area contributed by atoms with Crippen molar-refractivity contribution in [1.82, 2.24) is 5.32 Å². The first-order valence-electron chi connectivity index (χ1n) is 7.97. The Bertz CT molecular complexity index is 710. The van der Waals surface area contributed by atoms with E-state index in [1.165, 1.54) is 6.07 Å². The van der Waals surface area contributed by atoms with E-state index in [-0.39, 0.29) is 17.1 Å². The molecule has 23 heavy (non-hydrogen) atoms. The molecule has 0 unspecified atom stereocenters. The Morgan fingerprint density at radius 1 is 1.17 bits per heavy atom. The fraction of sp³-hybridized carbons (Fsp3) is 0.316. The summed E-state index contributed by atoms with van der Waals surface area (Å²) in [6.45, 7) is 0.861. The number of halogens is 1. The van der Waals surface area contributed by atoms with Crippen LogP contribution >= 0.6 is 0 Å². The average Bonchev–Trinajstić information content (AvgIpc) is 2.55. The van der Waals surface area contributed by atoms with Gasteiger partial charge >= 0.3 is 0 Å². The number of hydrogen-bond acceptors (Lipinski definition) is 2. The Balaban J connectivity index is 1.73. The van der Waals surface area contributed by atoms with Crippen LogP contribution in [0.5, 0.6) is 0 Å². The number of rotatable bonds is 5. The van der Waals surface area contributed by atoms with Crippen molar-refractivity contribution in [2.75, 3.05) is 6.54 Å². The van der Waals surface area contributed by atoms with Crippen LogP contribution in [-0.2, 0) is 12.0 Å². The number of hydrogen-bond donors (Lipinski definition) is 2. The molecule has 120 valence electrons. The second-order valence-electron chi connectivity index (χ2n) is 6.20. The number of carbonyl (C=O) groups excluding carboxylic acids is 1. The molecule has 2 aromatic rings. The summed E-state index contributed by atoms with van der Waals surface area (Å²) >= 11 is 0. The number of nitrogens with two attached hydrogens (primary N) is 1. The van der Waals surface area contributed by atoms with E-state index >= 15 is 0 Å². The van der Waals surface area contributed by atoms with Crippen LogP contribution in [0.15, 0.2) is 48.5 Å². The van der Waals surface area contributed by atoms with E-state index in [1.54, 1.807) is 18.2 Å². The normalized spacial score (nSPS) is 15.7. The minimum Gasteiger partial charge on any atom is -0.351 e. The van der Waals surface area contributed by atoms with E-state index in [1.807, 2.05) is 24.3 Å². The van der Waals surface area contributed by atoms with Crippen molar-refractivity contribution >= 4 is 5.91 Å². The predicted octanol–water partition coefficient (Wildman–Crippen LogP) is 3.14. The summed E-state index contributed by atoms with van der Waals surface area (Å²) in [5, 5.41) is 2.97. The van der Waals surface area contributed by atoms with Crippen molar-refractivity contribution in [3.8, 4) is 0 Å². The SMILES string of the molecule is NCc1cccc(C(=O)NCC2(c3ccccc3F)CCC2)c1. The van der Waals surface area contributed by atoms with E-state index in [0.717, 1.165) is 24.8 Å². The Morgan fingerprint density at radius 2 is 1.96 bits per heavy atom. The summed E-state index contributed by atoms with van der Waals surface area (Å²) in [5.74, 6) is -0.325. The first kappa shape index (κ1) is 15.7. The molecule has 0 aliphatic heterocycles. The molecule has 0 spiro atoms. The van der Waals surface area contributed by atoms with Gasteiger partial charge in [-0.3, -0.25) is 4.79 Å². The first-order valence-corrected chi connectivity index (χ1v) is 7.97. The third kappa shape index (κ3) is 3.13. The smallest absolute Gasteiger partial charge is 0.251 e. The molecule has 0 bridgehead atoms. The van der Waals surface area contributed by atoms with Gasteiger partial charge in [0, 0.05) is 24.1 Å². The average molecular weight is 312 g/mol. The first-order chi connectivity index (χ1) is 11.1. The maximum Gasteiger partial charge on any atom is 0.251 e. The molecular formula is C19H21FN2O. The summed E-state index contributed by atoms with van der Waals surface area (Å²) in [6, 6.07) is 14.2. The van der Waals surface area contributed by atoms with E-state index in [2.05, 4.69) is 5.32 Å². The third-order valence-corrected chi connectivity index (χ3v) is 4.77. The maximum atomic E-state index is 14.1. The van der Waals surface area contributed by atoms with E-state index in [4.69, 9.17) is 5.73 Å². The number of carbonyl (C=O) groups is 1. The van der Waals surface area contributed by atoms with Gasteiger partial charge in [0.25, 0.3) is 5.91 Å². The third-order valence-electron chi connectivity index (χ3n) is 4.77. The Hall–Kier alpha value is -2.20. The van der Waals surface area contributed by atoms with Crippen LogP contribution in [0.2, 0.25) is 0 Å². The molecule has 0 saturated heterocycles. The highest BCUT2D eigenvalue weighted by molar-refractivity contribution is 5.94. The van der Waals surface area contributed by atoms with Crippen LogP contribution in [0, 0.1) is 5.82 Å². The van der Waals surface area contributed by atoms with Crippen molar-refractivity contribution in [3.05, 3.63) is 71.0 Å². The monoisotopic (exact) mass is 312 g/mol. The molecular weight excluding hydrogens is 291 g/mol. The summed E-state index contributed by atoms with van der Waals surface area (Å²) in [5.41, 5.74) is 7.57. The van der Waals surface area contributed by atoms with Gasteiger partial charge in [0.2, 0.25) is 0 Å². The minimum atomic E-state index is -0.271. The van der Waals surface area contributed by atoms with E-state index in [0.29, 0.717) is 24.2 Å². The molecule has 1 saturated carbocycles. The van der Waals surface area contributed by atoms with Crippen molar-refractivity contribution in [1.29, 1.82) is 0 Å². The molecule has 4 heteroatoms. The van der Waals surface area contributed by atoms with Crippen molar-refractivity contribution < 1.29 is 9.18 Å². The molecule has 0 atom stereocenters. The molecule has 2 aromatic carbocycles. The van der Waals surface area contributed by atoms with Gasteiger partial charge in [0.1, 0.15) is 5.82 Å². The molecule has 1 amide bonds. The standard InChI is InChI=1S/C19H21FN2O/c20-17-8-2-1-7-16(17)19(9-4-10-19)13-22-18(23)15-6-3-5-14(11-15)12-21/h1-3,5-8,11H,4,9-10,12-13,21H2,(H,22,23). The van der Waals surface area contributed by atoms with Crippen molar-refractivity contribution in [2.45, 2.75) is 31.2 Å². The molecule has 3 N–H and O–H groups in total. The summed E-state index contributed by atoms with van der Waals surface area (Å²) in [7, 11) is 0. The fourth-order valence-corrected chi connectivity index (χ4v) is 3.23. The van der Waals surface area contributed by atoms with Gasteiger partial charge in [0.05, 0.1) is 0 Å². The lowest BCUT2D eigenvalue weighted by Crippen LogP contribution is -2.46. The Kier molecular flexibility index (Phi) is 4.44. The summed E-state index contributed by atoms with van der Waals surface area (Å²) in [6.07, 6.45) is 2.86. The highest BCUT2D eigenvalue weighted by atomic mass is 19.1. The highest BCUT2D eigenvalue weighted by Crippen LogP contribution is 2.44. The van der Waals surface area contributed by atoms with Gasteiger partial charge in [-0.25, -0.2) is 4.39 Å². The maximum absolute atomic E-state index is 14.1. The summed E-state index contributed by atoms with van der Waals surface area (Å²) < 4.78 is 14.1. The lowest BCUT2D eigenvalue weighted by atomic mass is 9.64. The van der Waals surface area contributed by atoms with Crippen LogP contribution in [0.25, 0.3) is 0 Å². The number of benzene rings is 2. The number of nitrogens with one attached hydrogen (secondary N) is 1. The molecule has 3 rings (SSSR count). The zero-order chi connectivity index (χ0) is 16.3. The largest absolute Gasteiger partial charge is 0.351 e. The van der Waals surface area contributed by atoms with Crippen molar-refractivity contribution in [3.63, 3.8) is 0 Å². The van der Waals surface area contributed by atoms with Crippen LogP contribution in [0.1, 0.15) is 40.7 Å². The minimum absolute atomic E-state index is 0.136. The highest BCUT2D eigenvalue weighted by Gasteiger charge is 2.40. The van der Waals surface area contributed by atoms with Gasteiger partial charge in [-0.15, -0.1) is 0 Å². The predicted molar refractivity (Wildman–Crippen MR) is 88.6 cm³/mol. The molecule has 1 aliphatic rings. The second-order valence-corrected chi connectivity index (χ2v) is 6.20. The molecule has 0 radical (unpaired) electrons. The van der Waals surface area contributed by atoms with Crippen LogP contribution in [-0.4, -0.2) is 12.5 Å². The molecule has 1 aliphatic carbocycles. The van der Waals surface area contributed by atoms with Crippen LogP contribution in [0.3, 0.4) is 0 Å². The van der Waals surface area contributed by atoms with E-state index < -0.39 is 0 Å². The molecule has 0 aromatic heterocycles. The van der Waals surface area contributed by atoms with Gasteiger partial charge in [-0.05, 0) is 42.2 Å². The van der Waals surface area contributed by atoms with Crippen LogP contribution in [0.4, 0.5) is 4.39 Å². The van der Waals surface area contributed by atoms with Gasteiger partial charge < -0.3 is 11.1 Å². The van der Waals surface area contributed by atoms with E-state index in [9.17, 15) is 9.18 Å². The number of amides is 1. The van der Waals surface area contributed by atoms with Crippen LogP contribution < -0.4 is 11.1 Å². The quantitative estimate of drug-likeness (QED) is 0.891. The van der Waals surface area contributed by atoms with Gasteiger partial charge in [-0.1, -0.05) is 36.8 Å². The lowest BCUT2D eigenvalue weighted by molar-refractivity contribution is 0.0926. The summed E-state index contributed by atoms with van der Waals surface area (Å²) in [4.78, 5) is 12.4. The zero-order valence-electron chi connectivity index (χ0n) is 13.0. The molecule has 0 heterocycles. The van der Waals surface area contributed by atoms with Gasteiger partial charge in [0.15, 0.2) is 0 Å². The Labute approximate surface area is 135 Å². The second kappa shape index (κ2) is 6.50. The Morgan fingerprint density at radius 3 is 2.61 bits per heavy atom. The molecule has 3 nitrogen and oxygen atoms in total. The topological polar surface area (TPSA) is 55.1 Å².